The summed E-state index contributed by atoms with van der Waals surface area (Å²) in [5.74, 6) is -0.409. The van der Waals surface area contributed by atoms with Gasteiger partial charge in [-0.1, -0.05) is 0 Å². The Hall–Kier alpha value is -2.12. The highest BCUT2D eigenvalue weighted by Crippen LogP contribution is 2.17. The molecule has 1 saturated heterocycles. The molecular weight excluding hydrogens is 276 g/mol. The van der Waals surface area contributed by atoms with E-state index in [9.17, 15) is 14.7 Å². The van der Waals surface area contributed by atoms with Crippen LogP contribution >= 0.6 is 0 Å². The molecule has 1 fully saturated rings. The average molecular weight is 294 g/mol. The fourth-order valence-electron chi connectivity index (χ4n) is 1.94. The van der Waals surface area contributed by atoms with Crippen LogP contribution in [0.3, 0.4) is 0 Å². The van der Waals surface area contributed by atoms with E-state index in [1.54, 1.807) is 24.3 Å². The average Bonchev–Trinajstić information content (AvgIpc) is 2.90. The standard InChI is InChI=1S/C14H18N2O5/c15-12(17)7-21-11-3-1-10(2-4-11)13(18)16-8-14(19)5-6-20-9-14/h1-4,19H,5-9H2,(H2,15,17)(H,16,18). The van der Waals surface area contributed by atoms with Crippen molar-refractivity contribution in [1.29, 1.82) is 0 Å². The van der Waals surface area contributed by atoms with Crippen molar-refractivity contribution < 1.29 is 24.2 Å². The normalized spacial score (nSPS) is 21.0. The zero-order chi connectivity index (χ0) is 15.3. The van der Waals surface area contributed by atoms with Crippen LogP contribution in [0.4, 0.5) is 0 Å². The van der Waals surface area contributed by atoms with E-state index in [4.69, 9.17) is 15.2 Å². The van der Waals surface area contributed by atoms with Crippen LogP contribution in [0.25, 0.3) is 0 Å². The minimum Gasteiger partial charge on any atom is -0.484 e. The lowest BCUT2D eigenvalue weighted by atomic mass is 10.0. The van der Waals surface area contributed by atoms with Crippen LogP contribution in [0.2, 0.25) is 0 Å². The number of amides is 2. The van der Waals surface area contributed by atoms with Gasteiger partial charge in [0.05, 0.1) is 6.61 Å². The van der Waals surface area contributed by atoms with E-state index in [2.05, 4.69) is 5.32 Å². The van der Waals surface area contributed by atoms with Crippen LogP contribution < -0.4 is 15.8 Å². The van der Waals surface area contributed by atoms with Gasteiger partial charge in [0, 0.05) is 25.1 Å². The number of carbonyl (C=O) groups excluding carboxylic acids is 2. The molecule has 1 aliphatic rings. The number of aliphatic hydroxyl groups is 1. The monoisotopic (exact) mass is 294 g/mol. The van der Waals surface area contributed by atoms with Gasteiger partial charge >= 0.3 is 0 Å². The molecule has 1 unspecified atom stereocenters. The summed E-state index contributed by atoms with van der Waals surface area (Å²) in [4.78, 5) is 22.5. The number of nitrogens with two attached hydrogens (primary N) is 1. The highest BCUT2D eigenvalue weighted by Gasteiger charge is 2.32. The molecule has 1 atom stereocenters. The fourth-order valence-corrected chi connectivity index (χ4v) is 1.94. The summed E-state index contributed by atoms with van der Waals surface area (Å²) < 4.78 is 10.2. The van der Waals surface area contributed by atoms with Crippen molar-refractivity contribution in [3.63, 3.8) is 0 Å². The van der Waals surface area contributed by atoms with Gasteiger partial charge in [-0.3, -0.25) is 9.59 Å². The first-order valence-electron chi connectivity index (χ1n) is 6.58. The second-order valence-corrected chi connectivity index (χ2v) is 4.99. The van der Waals surface area contributed by atoms with Gasteiger partial charge < -0.3 is 25.6 Å². The van der Waals surface area contributed by atoms with Gasteiger partial charge in [-0.2, -0.15) is 0 Å². The molecule has 1 aromatic carbocycles. The minimum atomic E-state index is -0.986. The van der Waals surface area contributed by atoms with Crippen molar-refractivity contribution >= 4 is 11.8 Å². The van der Waals surface area contributed by atoms with E-state index >= 15 is 0 Å². The van der Waals surface area contributed by atoms with E-state index in [0.717, 1.165) is 0 Å². The molecule has 7 nitrogen and oxygen atoms in total. The maximum absolute atomic E-state index is 11.9. The molecule has 114 valence electrons. The topological polar surface area (TPSA) is 111 Å². The van der Waals surface area contributed by atoms with Gasteiger partial charge in [0.25, 0.3) is 11.8 Å². The highest BCUT2D eigenvalue weighted by atomic mass is 16.5. The summed E-state index contributed by atoms with van der Waals surface area (Å²) in [6.45, 7) is 0.662. The van der Waals surface area contributed by atoms with Crippen LogP contribution in [-0.4, -0.2) is 48.9 Å². The van der Waals surface area contributed by atoms with Crippen LogP contribution in [0.5, 0.6) is 5.75 Å². The lowest BCUT2D eigenvalue weighted by Gasteiger charge is -2.20. The molecule has 0 aromatic heterocycles. The van der Waals surface area contributed by atoms with E-state index in [1.165, 1.54) is 0 Å². The molecular formula is C14H18N2O5. The number of primary amides is 1. The maximum atomic E-state index is 11.9. The highest BCUT2D eigenvalue weighted by molar-refractivity contribution is 5.94. The van der Waals surface area contributed by atoms with Gasteiger partial charge in [0.2, 0.25) is 0 Å². The molecule has 1 heterocycles. The van der Waals surface area contributed by atoms with Crippen molar-refractivity contribution in [2.45, 2.75) is 12.0 Å². The van der Waals surface area contributed by atoms with E-state index in [1.807, 2.05) is 0 Å². The molecule has 0 aliphatic carbocycles. The number of benzene rings is 1. The van der Waals surface area contributed by atoms with E-state index in [0.29, 0.717) is 24.3 Å². The predicted octanol–water partition coefficient (Wildman–Crippen LogP) is -0.568. The zero-order valence-electron chi connectivity index (χ0n) is 11.5. The molecule has 0 spiro atoms. The smallest absolute Gasteiger partial charge is 0.255 e. The summed E-state index contributed by atoms with van der Waals surface area (Å²) in [7, 11) is 0. The van der Waals surface area contributed by atoms with Crippen molar-refractivity contribution in [1.82, 2.24) is 5.32 Å². The third-order valence-electron chi connectivity index (χ3n) is 3.16. The molecule has 0 saturated carbocycles. The van der Waals surface area contributed by atoms with Gasteiger partial charge in [0.15, 0.2) is 6.61 Å². The number of nitrogens with one attached hydrogen (secondary N) is 1. The zero-order valence-corrected chi connectivity index (χ0v) is 11.5. The first-order valence-corrected chi connectivity index (χ1v) is 6.58. The Labute approximate surface area is 122 Å². The summed E-state index contributed by atoms with van der Waals surface area (Å²) >= 11 is 0. The Balaban J connectivity index is 1.86. The first kappa shape index (κ1) is 15.3. The number of ether oxygens (including phenoxy) is 2. The lowest BCUT2D eigenvalue weighted by Crippen LogP contribution is -2.43. The number of hydrogen-bond acceptors (Lipinski definition) is 5. The molecule has 4 N–H and O–H groups in total. The second kappa shape index (κ2) is 6.55. The summed E-state index contributed by atoms with van der Waals surface area (Å²) in [6, 6.07) is 6.29. The third-order valence-corrected chi connectivity index (χ3v) is 3.16. The van der Waals surface area contributed by atoms with Crippen molar-refractivity contribution in [2.75, 3.05) is 26.4 Å². The summed E-state index contributed by atoms with van der Waals surface area (Å²) in [5.41, 5.74) is 4.42. The van der Waals surface area contributed by atoms with Gasteiger partial charge in [-0.15, -0.1) is 0 Å². The fraction of sp³-hybridized carbons (Fsp3) is 0.429. The molecule has 0 bridgehead atoms. The van der Waals surface area contributed by atoms with Gasteiger partial charge in [0.1, 0.15) is 11.4 Å². The summed E-state index contributed by atoms with van der Waals surface area (Å²) in [6.07, 6.45) is 0.507. The van der Waals surface area contributed by atoms with Crippen LogP contribution in [0.1, 0.15) is 16.8 Å². The molecule has 2 rings (SSSR count). The Morgan fingerprint density at radius 1 is 1.38 bits per heavy atom. The Kier molecular flexibility index (Phi) is 4.77. The largest absolute Gasteiger partial charge is 0.484 e. The molecule has 0 radical (unpaired) electrons. The van der Waals surface area contributed by atoms with E-state index in [-0.39, 0.29) is 25.7 Å². The van der Waals surface area contributed by atoms with Crippen molar-refractivity contribution in [3.05, 3.63) is 29.8 Å². The lowest BCUT2D eigenvalue weighted by molar-refractivity contribution is -0.119. The number of carbonyl (C=O) groups is 2. The van der Waals surface area contributed by atoms with Gasteiger partial charge in [-0.25, -0.2) is 0 Å². The Morgan fingerprint density at radius 3 is 2.67 bits per heavy atom. The van der Waals surface area contributed by atoms with Crippen LogP contribution in [-0.2, 0) is 9.53 Å². The van der Waals surface area contributed by atoms with Crippen LogP contribution in [0, 0.1) is 0 Å². The van der Waals surface area contributed by atoms with Crippen molar-refractivity contribution in [2.24, 2.45) is 5.73 Å². The van der Waals surface area contributed by atoms with Crippen molar-refractivity contribution in [3.8, 4) is 5.75 Å². The number of hydrogen-bond donors (Lipinski definition) is 3. The van der Waals surface area contributed by atoms with Gasteiger partial charge in [-0.05, 0) is 24.3 Å². The molecule has 7 heteroatoms. The van der Waals surface area contributed by atoms with Crippen LogP contribution in [0.15, 0.2) is 24.3 Å². The number of rotatable bonds is 6. The minimum absolute atomic E-state index is 0.145. The first-order chi connectivity index (χ1) is 9.98. The molecule has 1 aliphatic heterocycles. The third kappa shape index (κ3) is 4.44. The molecule has 21 heavy (non-hydrogen) atoms. The quantitative estimate of drug-likeness (QED) is 0.651. The predicted molar refractivity (Wildman–Crippen MR) is 73.9 cm³/mol. The Bertz CT molecular complexity index is 509. The molecule has 1 aromatic rings. The Morgan fingerprint density at radius 2 is 2.10 bits per heavy atom. The molecule has 2 amide bonds. The SMILES string of the molecule is NC(=O)COc1ccc(C(=O)NCC2(O)CCOC2)cc1. The maximum Gasteiger partial charge on any atom is 0.255 e. The second-order valence-electron chi connectivity index (χ2n) is 4.99. The van der Waals surface area contributed by atoms with E-state index < -0.39 is 11.5 Å². The summed E-state index contributed by atoms with van der Waals surface area (Å²) in [5, 5.41) is 12.7.